The molecule has 84 valence electrons. The van der Waals surface area contributed by atoms with E-state index < -0.39 is 0 Å². The number of aromatic nitrogens is 2. The first-order valence-electron chi connectivity index (χ1n) is 4.70. The lowest BCUT2D eigenvalue weighted by Gasteiger charge is -2.17. The molecule has 1 aromatic heterocycles. The van der Waals surface area contributed by atoms with Crippen LogP contribution in [0.1, 0.15) is 13.3 Å². The molecule has 1 unspecified atom stereocenters. The zero-order chi connectivity index (χ0) is 11.3. The second-order valence-corrected chi connectivity index (χ2v) is 4.40. The number of hydrogen-bond donors (Lipinski definition) is 2. The third-order valence-corrected chi connectivity index (χ3v) is 3.07. The zero-order valence-electron chi connectivity index (χ0n) is 8.83. The molecule has 0 aromatic carbocycles. The average molecular weight is 247 g/mol. The monoisotopic (exact) mass is 246 g/mol. The van der Waals surface area contributed by atoms with E-state index in [0.717, 1.165) is 12.2 Å². The van der Waals surface area contributed by atoms with E-state index in [2.05, 4.69) is 28.5 Å². The van der Waals surface area contributed by atoms with Gasteiger partial charge in [-0.15, -0.1) is 0 Å². The van der Waals surface area contributed by atoms with Gasteiger partial charge in [-0.25, -0.2) is 9.97 Å². The van der Waals surface area contributed by atoms with Crippen LogP contribution in [0.3, 0.4) is 0 Å². The zero-order valence-corrected chi connectivity index (χ0v) is 10.4. The third kappa shape index (κ3) is 3.43. The van der Waals surface area contributed by atoms with Crippen LogP contribution in [-0.2, 0) is 0 Å². The predicted molar refractivity (Wildman–Crippen MR) is 67.5 cm³/mol. The maximum Gasteiger partial charge on any atom is 0.157 e. The Bertz CT molecular complexity index is 321. The normalized spacial score (nSPS) is 12.5. The van der Waals surface area contributed by atoms with E-state index in [1.807, 2.05) is 0 Å². The van der Waals surface area contributed by atoms with Gasteiger partial charge in [-0.2, -0.15) is 11.8 Å². The second kappa shape index (κ2) is 6.02. The van der Waals surface area contributed by atoms with E-state index in [4.69, 9.17) is 17.3 Å². The minimum absolute atomic E-state index is 0.298. The highest BCUT2D eigenvalue weighted by Gasteiger charge is 2.10. The van der Waals surface area contributed by atoms with Crippen molar-refractivity contribution >= 4 is 34.9 Å². The van der Waals surface area contributed by atoms with Gasteiger partial charge in [0.15, 0.2) is 11.0 Å². The summed E-state index contributed by atoms with van der Waals surface area (Å²) >= 11 is 7.58. The fourth-order valence-electron chi connectivity index (χ4n) is 1.15. The van der Waals surface area contributed by atoms with Gasteiger partial charge in [-0.1, -0.05) is 18.5 Å². The first kappa shape index (κ1) is 12.4. The number of nitrogen functional groups attached to an aromatic ring is 1. The van der Waals surface area contributed by atoms with Crippen LogP contribution >= 0.6 is 23.4 Å². The molecular weight excluding hydrogens is 232 g/mol. The molecule has 6 heteroatoms. The minimum Gasteiger partial charge on any atom is -0.393 e. The topological polar surface area (TPSA) is 63.8 Å². The number of hydrogen-bond acceptors (Lipinski definition) is 5. The molecule has 1 aromatic rings. The highest BCUT2D eigenvalue weighted by atomic mass is 35.5. The van der Waals surface area contributed by atoms with Crippen molar-refractivity contribution in [1.29, 1.82) is 0 Å². The molecule has 0 bridgehead atoms. The predicted octanol–water partition coefficient (Wildman–Crippen LogP) is 2.27. The third-order valence-electron chi connectivity index (χ3n) is 2.04. The Kier molecular flexibility index (Phi) is 4.98. The number of nitrogens with zero attached hydrogens (tertiary/aromatic N) is 2. The van der Waals surface area contributed by atoms with Gasteiger partial charge in [0, 0.05) is 11.8 Å². The summed E-state index contributed by atoms with van der Waals surface area (Å²) in [5.74, 6) is 1.63. The number of thioether (sulfide) groups is 1. The van der Waals surface area contributed by atoms with Crippen molar-refractivity contribution in [3.8, 4) is 0 Å². The molecule has 0 saturated carbocycles. The van der Waals surface area contributed by atoms with Gasteiger partial charge in [0.05, 0.1) is 0 Å². The van der Waals surface area contributed by atoms with Crippen LogP contribution in [-0.4, -0.2) is 28.0 Å². The van der Waals surface area contributed by atoms with Crippen LogP contribution in [0.5, 0.6) is 0 Å². The smallest absolute Gasteiger partial charge is 0.157 e. The van der Waals surface area contributed by atoms with Crippen molar-refractivity contribution in [3.63, 3.8) is 0 Å². The van der Waals surface area contributed by atoms with Crippen molar-refractivity contribution < 1.29 is 0 Å². The summed E-state index contributed by atoms with van der Waals surface area (Å²) in [7, 11) is 0. The van der Waals surface area contributed by atoms with Crippen molar-refractivity contribution in [3.05, 3.63) is 11.5 Å². The van der Waals surface area contributed by atoms with E-state index in [-0.39, 0.29) is 0 Å². The largest absolute Gasteiger partial charge is 0.393 e. The van der Waals surface area contributed by atoms with Crippen molar-refractivity contribution in [2.75, 3.05) is 23.1 Å². The molecule has 3 N–H and O–H groups in total. The molecule has 0 aliphatic carbocycles. The van der Waals surface area contributed by atoms with Gasteiger partial charge < -0.3 is 11.1 Å². The maximum absolute atomic E-state index is 5.80. The van der Waals surface area contributed by atoms with Gasteiger partial charge in [0.1, 0.15) is 12.0 Å². The molecule has 0 aliphatic rings. The van der Waals surface area contributed by atoms with Crippen molar-refractivity contribution in [2.45, 2.75) is 19.4 Å². The van der Waals surface area contributed by atoms with E-state index in [0.29, 0.717) is 22.7 Å². The number of anilines is 2. The summed E-state index contributed by atoms with van der Waals surface area (Å²) in [4.78, 5) is 7.87. The summed E-state index contributed by atoms with van der Waals surface area (Å²) < 4.78 is 0. The van der Waals surface area contributed by atoms with Crippen LogP contribution in [0, 0.1) is 0 Å². The molecule has 1 rings (SSSR count). The van der Waals surface area contributed by atoms with Crippen LogP contribution in [0.4, 0.5) is 11.5 Å². The molecule has 0 amide bonds. The molecule has 0 aliphatic heterocycles. The fraction of sp³-hybridized carbons (Fsp3) is 0.556. The van der Waals surface area contributed by atoms with E-state index >= 15 is 0 Å². The number of halogens is 1. The lowest BCUT2D eigenvalue weighted by atomic mass is 10.2. The molecule has 15 heavy (non-hydrogen) atoms. The Labute approximate surface area is 99.0 Å². The highest BCUT2D eigenvalue weighted by molar-refractivity contribution is 7.98. The molecule has 0 saturated heterocycles. The van der Waals surface area contributed by atoms with Crippen LogP contribution < -0.4 is 11.1 Å². The highest BCUT2D eigenvalue weighted by Crippen LogP contribution is 2.23. The first-order valence-corrected chi connectivity index (χ1v) is 6.47. The fourth-order valence-corrected chi connectivity index (χ4v) is 2.00. The Balaban J connectivity index is 2.74. The second-order valence-electron chi connectivity index (χ2n) is 3.13. The van der Waals surface area contributed by atoms with E-state index in [9.17, 15) is 0 Å². The Morgan fingerprint density at radius 1 is 1.60 bits per heavy atom. The van der Waals surface area contributed by atoms with Gasteiger partial charge in [0.25, 0.3) is 0 Å². The first-order chi connectivity index (χ1) is 7.19. The van der Waals surface area contributed by atoms with Gasteiger partial charge in [-0.3, -0.25) is 0 Å². The summed E-state index contributed by atoms with van der Waals surface area (Å²) in [6, 6.07) is 0.355. The van der Waals surface area contributed by atoms with Crippen molar-refractivity contribution in [2.24, 2.45) is 0 Å². The molecule has 0 fully saturated rings. The standard InChI is InChI=1S/C9H15ClN4S/c1-3-6(4-15-2)14-9-7(11)8(10)12-5-13-9/h5-6H,3-4,11H2,1-2H3,(H,12,13,14). The lowest BCUT2D eigenvalue weighted by molar-refractivity contribution is 0.769. The van der Waals surface area contributed by atoms with Gasteiger partial charge >= 0.3 is 0 Å². The van der Waals surface area contributed by atoms with E-state index in [1.165, 1.54) is 6.33 Å². The Morgan fingerprint density at radius 3 is 2.93 bits per heavy atom. The summed E-state index contributed by atoms with van der Waals surface area (Å²) in [6.45, 7) is 2.12. The SMILES string of the molecule is CCC(CSC)Nc1ncnc(Cl)c1N. The molecular formula is C9H15ClN4S. The Hall–Kier alpha value is -0.680. The molecule has 1 heterocycles. The van der Waals surface area contributed by atoms with Crippen LogP contribution in [0.2, 0.25) is 5.15 Å². The van der Waals surface area contributed by atoms with Crippen LogP contribution in [0.25, 0.3) is 0 Å². The Morgan fingerprint density at radius 2 is 2.33 bits per heavy atom. The van der Waals surface area contributed by atoms with Gasteiger partial charge in [0.2, 0.25) is 0 Å². The molecule has 4 nitrogen and oxygen atoms in total. The van der Waals surface area contributed by atoms with Crippen LogP contribution in [0.15, 0.2) is 6.33 Å². The minimum atomic E-state index is 0.298. The quantitative estimate of drug-likeness (QED) is 0.781. The number of rotatable bonds is 5. The van der Waals surface area contributed by atoms with E-state index in [1.54, 1.807) is 11.8 Å². The number of nitrogens with two attached hydrogens (primary N) is 1. The lowest BCUT2D eigenvalue weighted by Crippen LogP contribution is -2.22. The van der Waals surface area contributed by atoms with Gasteiger partial charge in [-0.05, 0) is 12.7 Å². The summed E-state index contributed by atoms with van der Waals surface area (Å²) in [5, 5.41) is 3.56. The molecule has 1 atom stereocenters. The number of nitrogens with one attached hydrogen (secondary N) is 1. The summed E-state index contributed by atoms with van der Waals surface area (Å²) in [5.41, 5.74) is 6.17. The molecule has 0 radical (unpaired) electrons. The average Bonchev–Trinajstić information content (AvgIpc) is 2.24. The summed E-state index contributed by atoms with van der Waals surface area (Å²) in [6.07, 6.45) is 4.50. The molecule has 0 spiro atoms. The van der Waals surface area contributed by atoms with Crippen molar-refractivity contribution in [1.82, 2.24) is 9.97 Å². The maximum atomic E-state index is 5.80.